The van der Waals surface area contributed by atoms with Gasteiger partial charge in [-0.1, -0.05) is 84.9 Å². The summed E-state index contributed by atoms with van der Waals surface area (Å²) in [5.74, 6) is 0. The summed E-state index contributed by atoms with van der Waals surface area (Å²) < 4.78 is 0. The van der Waals surface area contributed by atoms with E-state index in [9.17, 15) is 0 Å². The zero-order valence-electron chi connectivity index (χ0n) is 14.3. The molecule has 0 aliphatic heterocycles. The Morgan fingerprint density at radius 3 is 2.15 bits per heavy atom. The van der Waals surface area contributed by atoms with Crippen molar-refractivity contribution in [2.75, 3.05) is 0 Å². The molecule has 5 rings (SSSR count). The molecule has 0 atom stereocenters. The van der Waals surface area contributed by atoms with Crippen LogP contribution in [0.2, 0.25) is 0 Å². The number of aromatic nitrogens is 1. The van der Waals surface area contributed by atoms with Crippen LogP contribution in [0, 0.1) is 0 Å². The summed E-state index contributed by atoms with van der Waals surface area (Å²) in [6.07, 6.45) is 0. The molecule has 0 aliphatic rings. The van der Waals surface area contributed by atoms with Gasteiger partial charge in [0, 0.05) is 10.9 Å². The Labute approximate surface area is 152 Å². The second-order valence-corrected chi connectivity index (χ2v) is 6.50. The molecule has 1 aromatic heterocycles. The van der Waals surface area contributed by atoms with E-state index in [4.69, 9.17) is 4.98 Å². The highest BCUT2D eigenvalue weighted by Crippen LogP contribution is 2.29. The minimum Gasteiger partial charge on any atom is -0.248 e. The fourth-order valence-electron chi connectivity index (χ4n) is 3.54. The Balaban J connectivity index is 1.64. The van der Waals surface area contributed by atoms with E-state index in [1.165, 1.54) is 27.3 Å². The van der Waals surface area contributed by atoms with Gasteiger partial charge in [-0.15, -0.1) is 0 Å². The highest BCUT2D eigenvalue weighted by molar-refractivity contribution is 6.06. The van der Waals surface area contributed by atoms with Crippen molar-refractivity contribution in [1.29, 1.82) is 0 Å². The lowest BCUT2D eigenvalue weighted by molar-refractivity contribution is 1.40. The first kappa shape index (κ1) is 14.9. The molecule has 4 aromatic carbocycles. The number of hydrogen-bond donors (Lipinski definition) is 0. The van der Waals surface area contributed by atoms with Crippen LogP contribution in [0.15, 0.2) is 103 Å². The van der Waals surface area contributed by atoms with E-state index < -0.39 is 0 Å². The summed E-state index contributed by atoms with van der Waals surface area (Å²) in [5.41, 5.74) is 5.61. The lowest BCUT2D eigenvalue weighted by atomic mass is 10.0. The molecule has 1 heterocycles. The van der Waals surface area contributed by atoms with Gasteiger partial charge in [0.05, 0.1) is 11.2 Å². The first-order valence-corrected chi connectivity index (χ1v) is 8.83. The van der Waals surface area contributed by atoms with Gasteiger partial charge >= 0.3 is 0 Å². The number of fused-ring (bicyclic) bond motifs is 3. The van der Waals surface area contributed by atoms with Crippen LogP contribution in [-0.2, 0) is 0 Å². The molecule has 26 heavy (non-hydrogen) atoms. The van der Waals surface area contributed by atoms with Crippen LogP contribution in [0.25, 0.3) is 44.1 Å². The second kappa shape index (κ2) is 6.12. The third-order valence-corrected chi connectivity index (χ3v) is 4.86. The predicted molar refractivity (Wildman–Crippen MR) is 110 cm³/mol. The maximum absolute atomic E-state index is 4.93. The molecule has 1 heteroatoms. The van der Waals surface area contributed by atoms with E-state index in [-0.39, 0.29) is 0 Å². The quantitative estimate of drug-likeness (QED) is 0.327. The van der Waals surface area contributed by atoms with Gasteiger partial charge in [-0.05, 0) is 40.1 Å². The van der Waals surface area contributed by atoms with E-state index in [2.05, 4.69) is 97.1 Å². The summed E-state index contributed by atoms with van der Waals surface area (Å²) in [7, 11) is 0. The van der Waals surface area contributed by atoms with Crippen LogP contribution in [0.4, 0.5) is 0 Å². The minimum atomic E-state index is 1.01. The SMILES string of the molecule is c1ccc(-c2cccc(-c3ccc4c(ccc5ccccc54)n3)c2)cc1. The highest BCUT2D eigenvalue weighted by atomic mass is 14.7. The molecule has 1 nitrogen and oxygen atoms in total. The van der Waals surface area contributed by atoms with Gasteiger partial charge < -0.3 is 0 Å². The van der Waals surface area contributed by atoms with Crippen molar-refractivity contribution in [3.05, 3.63) is 103 Å². The van der Waals surface area contributed by atoms with Gasteiger partial charge in [0.25, 0.3) is 0 Å². The van der Waals surface area contributed by atoms with E-state index in [1.807, 2.05) is 6.07 Å². The molecule has 0 radical (unpaired) electrons. The molecule has 0 spiro atoms. The summed E-state index contributed by atoms with van der Waals surface area (Å²) >= 11 is 0. The summed E-state index contributed by atoms with van der Waals surface area (Å²) in [5, 5.41) is 3.70. The Morgan fingerprint density at radius 2 is 1.23 bits per heavy atom. The minimum absolute atomic E-state index is 1.01. The third kappa shape index (κ3) is 2.55. The Morgan fingerprint density at radius 1 is 0.462 bits per heavy atom. The topological polar surface area (TPSA) is 12.9 Å². The lowest BCUT2D eigenvalue weighted by Crippen LogP contribution is -1.87. The number of nitrogens with zero attached hydrogens (tertiary/aromatic N) is 1. The first-order chi connectivity index (χ1) is 12.9. The molecule has 0 N–H and O–H groups in total. The monoisotopic (exact) mass is 331 g/mol. The van der Waals surface area contributed by atoms with E-state index in [0.29, 0.717) is 0 Å². The normalized spacial score (nSPS) is 11.1. The molecular weight excluding hydrogens is 314 g/mol. The molecule has 0 saturated carbocycles. The van der Waals surface area contributed by atoms with Gasteiger partial charge in [-0.2, -0.15) is 0 Å². The zero-order chi connectivity index (χ0) is 17.3. The van der Waals surface area contributed by atoms with Gasteiger partial charge in [-0.3, -0.25) is 0 Å². The van der Waals surface area contributed by atoms with Gasteiger partial charge in [0.2, 0.25) is 0 Å². The van der Waals surface area contributed by atoms with Crippen LogP contribution >= 0.6 is 0 Å². The number of rotatable bonds is 2. The van der Waals surface area contributed by atoms with Crippen LogP contribution < -0.4 is 0 Å². The Hall–Kier alpha value is -3.45. The van der Waals surface area contributed by atoms with Crippen molar-refractivity contribution in [1.82, 2.24) is 4.98 Å². The summed E-state index contributed by atoms with van der Waals surface area (Å²) in [4.78, 5) is 4.93. The molecule has 0 bridgehead atoms. The largest absolute Gasteiger partial charge is 0.248 e. The maximum Gasteiger partial charge on any atom is 0.0715 e. The van der Waals surface area contributed by atoms with Crippen LogP contribution in [0.1, 0.15) is 0 Å². The summed E-state index contributed by atoms with van der Waals surface area (Å²) in [6.45, 7) is 0. The average molecular weight is 331 g/mol. The third-order valence-electron chi connectivity index (χ3n) is 4.86. The molecule has 0 saturated heterocycles. The van der Waals surface area contributed by atoms with E-state index in [1.54, 1.807) is 0 Å². The second-order valence-electron chi connectivity index (χ2n) is 6.50. The van der Waals surface area contributed by atoms with Crippen molar-refractivity contribution in [3.63, 3.8) is 0 Å². The molecule has 0 amide bonds. The summed E-state index contributed by atoms with van der Waals surface area (Å²) in [6, 6.07) is 36.1. The number of benzene rings is 4. The number of pyridine rings is 1. The fraction of sp³-hybridized carbons (Fsp3) is 0. The standard InChI is InChI=1S/C25H17N/c1-2-7-18(8-3-1)20-10-6-11-21(17-20)24-16-14-23-22-12-5-4-9-19(22)13-15-25(23)26-24/h1-17H. The highest BCUT2D eigenvalue weighted by Gasteiger charge is 2.06. The zero-order valence-corrected chi connectivity index (χ0v) is 14.3. The van der Waals surface area contributed by atoms with E-state index in [0.717, 1.165) is 16.8 Å². The molecule has 0 aliphatic carbocycles. The smallest absolute Gasteiger partial charge is 0.0715 e. The van der Waals surface area contributed by atoms with Crippen LogP contribution in [-0.4, -0.2) is 4.98 Å². The van der Waals surface area contributed by atoms with Crippen molar-refractivity contribution >= 4 is 21.7 Å². The maximum atomic E-state index is 4.93. The van der Waals surface area contributed by atoms with Gasteiger partial charge in [0.1, 0.15) is 0 Å². The van der Waals surface area contributed by atoms with E-state index >= 15 is 0 Å². The fourth-order valence-corrected chi connectivity index (χ4v) is 3.54. The Bertz CT molecular complexity index is 1220. The predicted octanol–water partition coefficient (Wildman–Crippen LogP) is 6.72. The molecular formula is C25H17N. The van der Waals surface area contributed by atoms with Crippen molar-refractivity contribution in [2.45, 2.75) is 0 Å². The van der Waals surface area contributed by atoms with Crippen molar-refractivity contribution < 1.29 is 0 Å². The van der Waals surface area contributed by atoms with Crippen molar-refractivity contribution in [2.24, 2.45) is 0 Å². The Kier molecular flexibility index (Phi) is 3.50. The first-order valence-electron chi connectivity index (χ1n) is 8.83. The molecule has 0 unspecified atom stereocenters. The number of hydrogen-bond acceptors (Lipinski definition) is 1. The average Bonchev–Trinajstić information content (AvgIpc) is 2.74. The van der Waals surface area contributed by atoms with Gasteiger partial charge in [0.15, 0.2) is 0 Å². The lowest BCUT2D eigenvalue weighted by Gasteiger charge is -2.08. The van der Waals surface area contributed by atoms with Crippen LogP contribution in [0.3, 0.4) is 0 Å². The molecule has 122 valence electrons. The van der Waals surface area contributed by atoms with Gasteiger partial charge in [-0.25, -0.2) is 4.98 Å². The van der Waals surface area contributed by atoms with Crippen LogP contribution in [0.5, 0.6) is 0 Å². The molecule has 5 aromatic rings. The molecule has 0 fully saturated rings. The van der Waals surface area contributed by atoms with Crippen molar-refractivity contribution in [3.8, 4) is 22.4 Å².